The number of ether oxygens (including phenoxy) is 1. The number of halogens is 1. The molecule has 0 spiro atoms. The first kappa shape index (κ1) is 12.0. The summed E-state index contributed by atoms with van der Waals surface area (Å²) >= 11 is 0. The van der Waals surface area contributed by atoms with Gasteiger partial charge in [0.2, 0.25) is 0 Å². The number of nitrogen functional groups attached to an aromatic ring is 1. The van der Waals surface area contributed by atoms with E-state index in [-0.39, 0.29) is 0 Å². The minimum Gasteiger partial charge on any atom is -0.388 e. The third-order valence-corrected chi connectivity index (χ3v) is 2.69. The minimum atomic E-state index is -1.33. The summed E-state index contributed by atoms with van der Waals surface area (Å²) in [6.07, 6.45) is -3.51. The van der Waals surface area contributed by atoms with Crippen LogP contribution in [0.25, 0.3) is 0 Å². The zero-order valence-corrected chi connectivity index (χ0v) is 8.95. The molecule has 7 nitrogen and oxygen atoms in total. The van der Waals surface area contributed by atoms with Gasteiger partial charge >= 0.3 is 5.69 Å². The second-order valence-corrected chi connectivity index (χ2v) is 3.88. The van der Waals surface area contributed by atoms with Crippen LogP contribution in [0, 0.1) is 5.82 Å². The van der Waals surface area contributed by atoms with Gasteiger partial charge in [0.25, 0.3) is 0 Å². The summed E-state index contributed by atoms with van der Waals surface area (Å²) in [5.74, 6) is -1.42. The number of aliphatic hydroxyl groups is 2. The zero-order valence-electron chi connectivity index (χ0n) is 8.95. The molecule has 4 N–H and O–H groups in total. The van der Waals surface area contributed by atoms with Crippen LogP contribution in [0.4, 0.5) is 10.2 Å². The maximum Gasteiger partial charge on any atom is 0.351 e. The van der Waals surface area contributed by atoms with E-state index in [4.69, 9.17) is 10.5 Å². The smallest absolute Gasteiger partial charge is 0.351 e. The quantitative estimate of drug-likeness (QED) is 0.561. The molecule has 2 heterocycles. The van der Waals surface area contributed by atoms with Crippen molar-refractivity contribution in [3.63, 3.8) is 0 Å². The van der Waals surface area contributed by atoms with Crippen molar-refractivity contribution in [2.24, 2.45) is 0 Å². The molecule has 0 amide bonds. The first-order valence-electron chi connectivity index (χ1n) is 4.97. The zero-order chi connectivity index (χ0) is 12.7. The number of aromatic nitrogens is 2. The topological polar surface area (TPSA) is 111 Å². The molecule has 1 saturated heterocycles. The third kappa shape index (κ3) is 1.90. The molecular formula is C9H12FN3O4. The van der Waals surface area contributed by atoms with Crippen LogP contribution < -0.4 is 11.4 Å². The third-order valence-electron chi connectivity index (χ3n) is 2.69. The van der Waals surface area contributed by atoms with Gasteiger partial charge in [-0.3, -0.25) is 4.57 Å². The molecule has 1 fully saturated rings. The molecule has 0 saturated carbocycles. The Morgan fingerprint density at radius 2 is 2.18 bits per heavy atom. The molecule has 17 heavy (non-hydrogen) atoms. The number of nitrogens with zero attached hydrogens (tertiary/aromatic N) is 2. The fraction of sp³-hybridized carbons (Fsp3) is 0.556. The second kappa shape index (κ2) is 4.06. The Bertz CT molecular complexity index is 492. The Labute approximate surface area is 95.3 Å². The molecule has 8 heteroatoms. The predicted octanol–water partition coefficient (Wildman–Crippen LogP) is -1.40. The normalized spacial score (nSPS) is 32.9. The molecule has 0 aromatic carbocycles. The van der Waals surface area contributed by atoms with Gasteiger partial charge in [-0.25, -0.2) is 9.18 Å². The van der Waals surface area contributed by atoms with Gasteiger partial charge < -0.3 is 20.7 Å². The average molecular weight is 245 g/mol. The molecule has 0 radical (unpaired) electrons. The summed E-state index contributed by atoms with van der Waals surface area (Å²) in [4.78, 5) is 14.7. The van der Waals surface area contributed by atoms with Gasteiger partial charge in [0.15, 0.2) is 17.9 Å². The lowest BCUT2D eigenvalue weighted by molar-refractivity contribution is -0.0355. The summed E-state index contributed by atoms with van der Waals surface area (Å²) in [7, 11) is 0. The van der Waals surface area contributed by atoms with E-state index in [0.29, 0.717) is 0 Å². The van der Waals surface area contributed by atoms with Crippen LogP contribution in [0.1, 0.15) is 13.2 Å². The number of hydrogen-bond acceptors (Lipinski definition) is 6. The Kier molecular flexibility index (Phi) is 2.86. The fourth-order valence-electron chi connectivity index (χ4n) is 1.70. The second-order valence-electron chi connectivity index (χ2n) is 3.88. The molecule has 3 unspecified atom stereocenters. The molecule has 4 atom stereocenters. The average Bonchev–Trinajstić information content (AvgIpc) is 2.51. The molecule has 1 aromatic rings. The molecule has 2 rings (SSSR count). The standard InChI is InChI=1S/C9H12FN3O4/c1-3-5(14)6(15)8(17-3)13-2-4(10)7(11)12-9(13)16/h2-3,5-6,8,14-15H,1H3,(H2,11,12,16)/t3?,5?,6-,8?/m0/s1. The molecular weight excluding hydrogens is 233 g/mol. The van der Waals surface area contributed by atoms with Crippen LogP contribution in [0.3, 0.4) is 0 Å². The summed E-state index contributed by atoms with van der Waals surface area (Å²) in [5.41, 5.74) is 4.27. The number of nitrogens with two attached hydrogens (primary N) is 1. The first-order chi connectivity index (χ1) is 7.91. The van der Waals surface area contributed by atoms with Crippen LogP contribution in [-0.4, -0.2) is 38.1 Å². The highest BCUT2D eigenvalue weighted by atomic mass is 19.1. The molecule has 1 aliphatic heterocycles. The summed E-state index contributed by atoms with van der Waals surface area (Å²) in [6, 6.07) is 0. The lowest BCUT2D eigenvalue weighted by Gasteiger charge is -2.17. The summed E-state index contributed by atoms with van der Waals surface area (Å²) in [6.45, 7) is 1.53. The fourth-order valence-corrected chi connectivity index (χ4v) is 1.70. The minimum absolute atomic E-state index is 0.521. The van der Waals surface area contributed by atoms with Gasteiger partial charge in [-0.05, 0) is 6.92 Å². The Balaban J connectivity index is 2.42. The maximum absolute atomic E-state index is 13.2. The highest BCUT2D eigenvalue weighted by molar-refractivity contribution is 5.26. The monoisotopic (exact) mass is 245 g/mol. The van der Waals surface area contributed by atoms with Gasteiger partial charge in [0.1, 0.15) is 12.2 Å². The van der Waals surface area contributed by atoms with Gasteiger partial charge in [-0.15, -0.1) is 0 Å². The van der Waals surface area contributed by atoms with E-state index < -0.39 is 41.9 Å². The lowest BCUT2D eigenvalue weighted by Crippen LogP contribution is -2.35. The molecule has 1 aliphatic rings. The first-order valence-corrected chi connectivity index (χ1v) is 4.97. The maximum atomic E-state index is 13.2. The number of aliphatic hydroxyl groups excluding tert-OH is 2. The largest absolute Gasteiger partial charge is 0.388 e. The van der Waals surface area contributed by atoms with Crippen molar-refractivity contribution in [2.75, 3.05) is 5.73 Å². The molecule has 0 bridgehead atoms. The highest BCUT2D eigenvalue weighted by Gasteiger charge is 2.41. The van der Waals surface area contributed by atoms with Gasteiger partial charge in [0, 0.05) is 0 Å². The Hall–Kier alpha value is -1.51. The van der Waals surface area contributed by atoms with Crippen molar-refractivity contribution < 1.29 is 19.3 Å². The SMILES string of the molecule is CC1OC(n2cc(F)c(N)nc2=O)[C@@H](O)C1O. The van der Waals surface area contributed by atoms with Crippen molar-refractivity contribution in [2.45, 2.75) is 31.5 Å². The van der Waals surface area contributed by atoms with Crippen LogP contribution in [0.2, 0.25) is 0 Å². The van der Waals surface area contributed by atoms with E-state index in [0.717, 1.165) is 10.8 Å². The van der Waals surface area contributed by atoms with E-state index in [1.807, 2.05) is 0 Å². The number of anilines is 1. The predicted molar refractivity (Wildman–Crippen MR) is 54.5 cm³/mol. The van der Waals surface area contributed by atoms with Gasteiger partial charge in [-0.1, -0.05) is 0 Å². The van der Waals surface area contributed by atoms with Crippen molar-refractivity contribution in [1.29, 1.82) is 0 Å². The van der Waals surface area contributed by atoms with Crippen LogP contribution in [-0.2, 0) is 4.74 Å². The van der Waals surface area contributed by atoms with Crippen molar-refractivity contribution in [1.82, 2.24) is 9.55 Å². The van der Waals surface area contributed by atoms with Gasteiger partial charge in [-0.2, -0.15) is 4.98 Å². The van der Waals surface area contributed by atoms with E-state index >= 15 is 0 Å². The Morgan fingerprint density at radius 1 is 1.53 bits per heavy atom. The van der Waals surface area contributed by atoms with Crippen LogP contribution >= 0.6 is 0 Å². The van der Waals surface area contributed by atoms with E-state index in [9.17, 15) is 19.4 Å². The summed E-state index contributed by atoms with van der Waals surface area (Å²) < 4.78 is 19.1. The van der Waals surface area contributed by atoms with Gasteiger partial charge in [0.05, 0.1) is 12.3 Å². The van der Waals surface area contributed by atoms with Crippen molar-refractivity contribution in [3.8, 4) is 0 Å². The van der Waals surface area contributed by atoms with E-state index in [2.05, 4.69) is 4.98 Å². The molecule has 0 aliphatic carbocycles. The molecule has 1 aromatic heterocycles. The lowest BCUT2D eigenvalue weighted by atomic mass is 10.1. The van der Waals surface area contributed by atoms with E-state index in [1.165, 1.54) is 6.92 Å². The van der Waals surface area contributed by atoms with Crippen molar-refractivity contribution >= 4 is 5.82 Å². The molecule has 94 valence electrons. The number of rotatable bonds is 1. The highest BCUT2D eigenvalue weighted by Crippen LogP contribution is 2.28. The van der Waals surface area contributed by atoms with Crippen molar-refractivity contribution in [3.05, 3.63) is 22.5 Å². The van der Waals surface area contributed by atoms with Crippen LogP contribution in [0.15, 0.2) is 11.0 Å². The van der Waals surface area contributed by atoms with E-state index in [1.54, 1.807) is 0 Å². The number of hydrogen-bond donors (Lipinski definition) is 3. The van der Waals surface area contributed by atoms with Crippen LogP contribution in [0.5, 0.6) is 0 Å². The summed E-state index contributed by atoms with van der Waals surface area (Å²) in [5, 5.41) is 19.1. The Morgan fingerprint density at radius 3 is 2.71 bits per heavy atom.